The zero-order valence-electron chi connectivity index (χ0n) is 13.5. The third-order valence-electron chi connectivity index (χ3n) is 3.71. The van der Waals surface area contributed by atoms with E-state index in [9.17, 15) is 9.18 Å². The lowest BCUT2D eigenvalue weighted by atomic mass is 10.1. The van der Waals surface area contributed by atoms with Crippen LogP contribution in [0.4, 0.5) is 4.39 Å². The quantitative estimate of drug-likeness (QED) is 0.845. The molecular formula is C17H21FN2O2S. The zero-order valence-corrected chi connectivity index (χ0v) is 14.3. The summed E-state index contributed by atoms with van der Waals surface area (Å²) in [6.45, 7) is 2.85. The third-order valence-corrected chi connectivity index (χ3v) is 4.58. The summed E-state index contributed by atoms with van der Waals surface area (Å²) in [5, 5.41) is 4.90. The van der Waals surface area contributed by atoms with E-state index >= 15 is 0 Å². The second-order valence-corrected chi connectivity index (χ2v) is 6.39. The summed E-state index contributed by atoms with van der Waals surface area (Å²) in [5.41, 5.74) is 0.795. The van der Waals surface area contributed by atoms with Crippen molar-refractivity contribution in [2.45, 2.75) is 26.1 Å². The summed E-state index contributed by atoms with van der Waals surface area (Å²) >= 11 is 1.61. The van der Waals surface area contributed by atoms with Gasteiger partial charge in [-0.15, -0.1) is 11.3 Å². The Kier molecular flexibility index (Phi) is 6.12. The standard InChI is InChI=1S/C17H21FN2O2S/c1-12(17(21)19-10-14-5-4-8-23-14)20(2)11-13-6-7-16(22-3)15(18)9-13/h4-9,12H,10-11H2,1-3H3,(H,19,21). The number of nitrogens with zero attached hydrogens (tertiary/aromatic N) is 1. The molecule has 1 N–H and O–H groups in total. The summed E-state index contributed by atoms with van der Waals surface area (Å²) in [4.78, 5) is 15.2. The van der Waals surface area contributed by atoms with Crippen molar-refractivity contribution in [2.24, 2.45) is 0 Å². The van der Waals surface area contributed by atoms with E-state index in [-0.39, 0.29) is 17.7 Å². The van der Waals surface area contributed by atoms with E-state index in [4.69, 9.17) is 4.74 Å². The monoisotopic (exact) mass is 336 g/mol. The largest absolute Gasteiger partial charge is 0.494 e. The normalized spacial score (nSPS) is 12.2. The number of ether oxygens (including phenoxy) is 1. The Bertz CT molecular complexity index is 646. The van der Waals surface area contributed by atoms with Crippen molar-refractivity contribution < 1.29 is 13.9 Å². The maximum absolute atomic E-state index is 13.7. The van der Waals surface area contributed by atoms with Gasteiger partial charge in [0.2, 0.25) is 5.91 Å². The van der Waals surface area contributed by atoms with Gasteiger partial charge in [-0.05, 0) is 43.1 Å². The summed E-state index contributed by atoms with van der Waals surface area (Å²) in [5.74, 6) is -0.221. The molecule has 1 heterocycles. The van der Waals surface area contributed by atoms with E-state index in [0.29, 0.717) is 13.1 Å². The highest BCUT2D eigenvalue weighted by molar-refractivity contribution is 7.09. The second kappa shape index (κ2) is 8.08. The van der Waals surface area contributed by atoms with Crippen LogP contribution < -0.4 is 10.1 Å². The van der Waals surface area contributed by atoms with Gasteiger partial charge in [-0.25, -0.2) is 4.39 Å². The molecule has 1 aromatic heterocycles. The van der Waals surface area contributed by atoms with Crippen LogP contribution in [0.5, 0.6) is 5.75 Å². The van der Waals surface area contributed by atoms with Crippen LogP contribution in [0.3, 0.4) is 0 Å². The first-order valence-corrected chi connectivity index (χ1v) is 8.22. The van der Waals surface area contributed by atoms with Crippen molar-refractivity contribution >= 4 is 17.2 Å². The van der Waals surface area contributed by atoms with Crippen molar-refractivity contribution in [2.75, 3.05) is 14.2 Å². The summed E-state index contributed by atoms with van der Waals surface area (Å²) in [7, 11) is 3.28. The van der Waals surface area contributed by atoms with Crippen molar-refractivity contribution in [1.29, 1.82) is 0 Å². The first-order chi connectivity index (χ1) is 11.0. The smallest absolute Gasteiger partial charge is 0.237 e. The highest BCUT2D eigenvalue weighted by atomic mass is 32.1. The molecule has 23 heavy (non-hydrogen) atoms. The maximum Gasteiger partial charge on any atom is 0.237 e. The number of hydrogen-bond donors (Lipinski definition) is 1. The lowest BCUT2D eigenvalue weighted by Crippen LogP contribution is -2.42. The van der Waals surface area contributed by atoms with Crippen molar-refractivity contribution in [3.8, 4) is 5.75 Å². The van der Waals surface area contributed by atoms with Gasteiger partial charge in [-0.1, -0.05) is 12.1 Å². The van der Waals surface area contributed by atoms with Gasteiger partial charge in [0.15, 0.2) is 11.6 Å². The van der Waals surface area contributed by atoms with Gasteiger partial charge in [-0.3, -0.25) is 9.69 Å². The lowest BCUT2D eigenvalue weighted by Gasteiger charge is -2.24. The van der Waals surface area contributed by atoms with Gasteiger partial charge in [0.25, 0.3) is 0 Å². The molecule has 0 saturated carbocycles. The summed E-state index contributed by atoms with van der Waals surface area (Å²) < 4.78 is 18.6. The molecule has 0 spiro atoms. The van der Waals surface area contributed by atoms with E-state index in [1.165, 1.54) is 13.2 Å². The Labute approximate surface area is 139 Å². The fraction of sp³-hybridized carbons (Fsp3) is 0.353. The second-order valence-electron chi connectivity index (χ2n) is 5.36. The van der Waals surface area contributed by atoms with Crippen LogP contribution in [0.1, 0.15) is 17.4 Å². The molecule has 0 fully saturated rings. The molecule has 2 aromatic rings. The molecule has 0 bridgehead atoms. The molecule has 1 amide bonds. The number of carbonyl (C=O) groups excluding carboxylic acids is 1. The zero-order chi connectivity index (χ0) is 16.8. The van der Waals surface area contributed by atoms with Gasteiger partial charge in [0, 0.05) is 11.4 Å². The Morgan fingerprint density at radius 1 is 1.43 bits per heavy atom. The van der Waals surface area contributed by atoms with Crippen LogP contribution in [-0.2, 0) is 17.9 Å². The fourth-order valence-electron chi connectivity index (χ4n) is 2.17. The SMILES string of the molecule is COc1ccc(CN(C)C(C)C(=O)NCc2cccs2)cc1F. The molecule has 0 aliphatic rings. The summed E-state index contributed by atoms with van der Waals surface area (Å²) in [6, 6.07) is 8.47. The van der Waals surface area contributed by atoms with Crippen LogP contribution in [0.15, 0.2) is 35.7 Å². The van der Waals surface area contributed by atoms with Crippen molar-refractivity contribution in [1.82, 2.24) is 10.2 Å². The predicted molar refractivity (Wildman–Crippen MR) is 90.0 cm³/mol. The van der Waals surface area contributed by atoms with Gasteiger partial charge in [0.05, 0.1) is 19.7 Å². The molecule has 0 aliphatic heterocycles. The number of nitrogens with one attached hydrogen (secondary N) is 1. The lowest BCUT2D eigenvalue weighted by molar-refractivity contribution is -0.125. The molecule has 4 nitrogen and oxygen atoms in total. The molecule has 1 atom stereocenters. The maximum atomic E-state index is 13.7. The van der Waals surface area contributed by atoms with Crippen molar-refractivity contribution in [3.63, 3.8) is 0 Å². The van der Waals surface area contributed by atoms with E-state index < -0.39 is 5.82 Å². The van der Waals surface area contributed by atoms with Crippen LogP contribution in [0.25, 0.3) is 0 Å². The molecule has 0 saturated heterocycles. The number of halogens is 1. The Hall–Kier alpha value is -1.92. The predicted octanol–water partition coefficient (Wildman–Crippen LogP) is 3.03. The van der Waals surface area contributed by atoms with Gasteiger partial charge in [-0.2, -0.15) is 0 Å². The molecule has 124 valence electrons. The molecule has 0 radical (unpaired) electrons. The molecule has 1 unspecified atom stereocenters. The number of benzene rings is 1. The van der Waals surface area contributed by atoms with Crippen molar-refractivity contribution in [3.05, 3.63) is 52.0 Å². The Balaban J connectivity index is 1.89. The molecular weight excluding hydrogens is 315 g/mol. The minimum atomic E-state index is -0.395. The Morgan fingerprint density at radius 3 is 2.83 bits per heavy atom. The fourth-order valence-corrected chi connectivity index (χ4v) is 2.81. The average molecular weight is 336 g/mol. The highest BCUT2D eigenvalue weighted by Gasteiger charge is 2.18. The number of amides is 1. The minimum Gasteiger partial charge on any atom is -0.494 e. The van der Waals surface area contributed by atoms with Gasteiger partial charge >= 0.3 is 0 Å². The number of likely N-dealkylation sites (N-methyl/N-ethyl adjacent to an activating group) is 1. The topological polar surface area (TPSA) is 41.6 Å². The van der Waals surface area contributed by atoms with Gasteiger partial charge < -0.3 is 10.1 Å². The Morgan fingerprint density at radius 2 is 2.22 bits per heavy atom. The van der Waals surface area contributed by atoms with Crippen LogP contribution >= 0.6 is 11.3 Å². The van der Waals surface area contributed by atoms with Crippen LogP contribution in [-0.4, -0.2) is 31.0 Å². The highest BCUT2D eigenvalue weighted by Crippen LogP contribution is 2.19. The van der Waals surface area contributed by atoms with Crippen LogP contribution in [0, 0.1) is 5.82 Å². The average Bonchev–Trinajstić information content (AvgIpc) is 3.05. The first kappa shape index (κ1) is 17.4. The van der Waals surface area contributed by atoms with E-state index in [0.717, 1.165) is 10.4 Å². The minimum absolute atomic E-state index is 0.0464. The van der Waals surface area contributed by atoms with Gasteiger partial charge in [0.1, 0.15) is 0 Å². The number of carbonyl (C=O) groups is 1. The third kappa shape index (κ3) is 4.77. The van der Waals surface area contributed by atoms with E-state index in [1.54, 1.807) is 23.5 Å². The molecule has 0 aliphatic carbocycles. The summed E-state index contributed by atoms with van der Waals surface area (Å²) in [6.07, 6.45) is 0. The number of thiophene rings is 1. The number of methoxy groups -OCH3 is 1. The van der Waals surface area contributed by atoms with Crippen LogP contribution in [0.2, 0.25) is 0 Å². The van der Waals surface area contributed by atoms with E-state index in [1.807, 2.05) is 36.4 Å². The number of hydrogen-bond acceptors (Lipinski definition) is 4. The molecule has 2 rings (SSSR count). The molecule has 1 aromatic carbocycles. The van der Waals surface area contributed by atoms with E-state index in [2.05, 4.69) is 5.32 Å². The first-order valence-electron chi connectivity index (χ1n) is 7.34. The molecule has 6 heteroatoms. The number of rotatable bonds is 7.